The van der Waals surface area contributed by atoms with Gasteiger partial charge in [-0.2, -0.15) is 11.8 Å². The van der Waals surface area contributed by atoms with Crippen molar-refractivity contribution in [3.8, 4) is 11.5 Å². The second-order valence-electron chi connectivity index (χ2n) is 13.4. The molecule has 9 heteroatoms. The van der Waals surface area contributed by atoms with Gasteiger partial charge in [-0.25, -0.2) is 0 Å². The Morgan fingerprint density at radius 2 is 1.88 bits per heavy atom. The van der Waals surface area contributed by atoms with E-state index in [4.69, 9.17) is 31.8 Å². The van der Waals surface area contributed by atoms with Gasteiger partial charge in [0.15, 0.2) is 11.5 Å². The molecule has 0 saturated heterocycles. The molecule has 2 heterocycles. The van der Waals surface area contributed by atoms with Crippen LogP contribution in [0.4, 0.5) is 5.69 Å². The highest BCUT2D eigenvalue weighted by Gasteiger charge is 2.34. The number of thioether (sulfide) groups is 1. The highest BCUT2D eigenvalue weighted by atomic mass is 35.5. The van der Waals surface area contributed by atoms with Crippen molar-refractivity contribution >= 4 is 45.9 Å². The van der Waals surface area contributed by atoms with E-state index in [0.29, 0.717) is 29.8 Å². The van der Waals surface area contributed by atoms with Crippen LogP contribution in [0.1, 0.15) is 65.6 Å². The summed E-state index contributed by atoms with van der Waals surface area (Å²) >= 11 is 8.09. The summed E-state index contributed by atoms with van der Waals surface area (Å²) in [4.78, 5) is 20.3. The van der Waals surface area contributed by atoms with Gasteiger partial charge in [-0.1, -0.05) is 53.6 Å². The lowest BCUT2D eigenvalue weighted by Gasteiger charge is -2.38. The topological polar surface area (TPSA) is 89.7 Å². The third-order valence-corrected chi connectivity index (χ3v) is 11.6. The Bertz CT molecular complexity index is 1870. The molecule has 256 valence electrons. The van der Waals surface area contributed by atoms with Gasteiger partial charge in [0.25, 0.3) is 0 Å². The Kier molecular flexibility index (Phi) is 10.4. The van der Waals surface area contributed by atoms with Gasteiger partial charge in [-0.15, -0.1) is 0 Å². The summed E-state index contributed by atoms with van der Waals surface area (Å²) in [5.41, 5.74) is 16.1. The van der Waals surface area contributed by atoms with Gasteiger partial charge in [0.05, 0.1) is 25.8 Å². The first-order valence-corrected chi connectivity index (χ1v) is 18.9. The molecule has 0 radical (unpaired) electrons. The quantitative estimate of drug-likeness (QED) is 0.116. The molecule has 7 rings (SSSR count). The molecule has 3 N–H and O–H groups in total. The molecule has 3 atom stereocenters. The molecular formula is C40H45ClN4O3S. The number of fused-ring (bicyclic) bond motifs is 6. The van der Waals surface area contributed by atoms with Crippen LogP contribution < -0.4 is 20.5 Å². The largest absolute Gasteiger partial charge is 0.493 e. The zero-order valence-corrected chi connectivity index (χ0v) is 29.9. The zero-order chi connectivity index (χ0) is 33.9. The molecule has 7 nitrogen and oxygen atoms in total. The van der Waals surface area contributed by atoms with Crippen LogP contribution in [0.15, 0.2) is 72.3 Å². The van der Waals surface area contributed by atoms with Crippen molar-refractivity contribution in [1.82, 2.24) is 15.2 Å². The average molecular weight is 697 g/mol. The summed E-state index contributed by atoms with van der Waals surface area (Å²) in [5, 5.41) is 4.85. The molecule has 2 aliphatic carbocycles. The molecule has 1 aliphatic heterocycles. The molecule has 0 saturated carbocycles. The normalized spacial score (nSPS) is 19.9. The minimum atomic E-state index is 0.128. The fraction of sp³-hybridized carbons (Fsp3) is 0.400. The average Bonchev–Trinajstić information content (AvgIpc) is 3.10. The first-order valence-electron chi connectivity index (χ1n) is 17.4. The van der Waals surface area contributed by atoms with Crippen LogP contribution in [0.3, 0.4) is 0 Å². The van der Waals surface area contributed by atoms with E-state index >= 15 is 0 Å². The monoisotopic (exact) mass is 696 g/mol. The van der Waals surface area contributed by atoms with Crippen LogP contribution in [0.5, 0.6) is 11.5 Å². The smallest absolute Gasteiger partial charge is 0.220 e. The van der Waals surface area contributed by atoms with Crippen LogP contribution in [-0.4, -0.2) is 61.2 Å². The molecular weight excluding hydrogens is 652 g/mol. The molecule has 4 aromatic rings. The number of ether oxygens (including phenoxy) is 2. The van der Waals surface area contributed by atoms with E-state index in [9.17, 15) is 4.79 Å². The number of carbonyl (C=O) groups excluding carboxylic acids is 1. The molecule has 3 aromatic carbocycles. The number of rotatable bonds is 12. The number of amides is 1. The highest BCUT2D eigenvalue weighted by Crippen LogP contribution is 2.47. The maximum Gasteiger partial charge on any atom is 0.220 e. The molecule has 0 spiro atoms. The Hall–Kier alpha value is -3.72. The van der Waals surface area contributed by atoms with E-state index in [1.54, 1.807) is 14.2 Å². The summed E-state index contributed by atoms with van der Waals surface area (Å²) < 4.78 is 11.3. The van der Waals surface area contributed by atoms with Gasteiger partial charge in [-0.05, 0) is 91.0 Å². The van der Waals surface area contributed by atoms with Crippen molar-refractivity contribution in [3.63, 3.8) is 0 Å². The first-order chi connectivity index (χ1) is 23.9. The molecule has 1 aromatic heterocycles. The van der Waals surface area contributed by atoms with E-state index < -0.39 is 0 Å². The number of nitrogens with two attached hydrogens (primary N) is 1. The second kappa shape index (κ2) is 15.0. The highest BCUT2D eigenvalue weighted by molar-refractivity contribution is 7.99. The van der Waals surface area contributed by atoms with Crippen molar-refractivity contribution in [2.75, 3.05) is 51.1 Å². The van der Waals surface area contributed by atoms with Crippen molar-refractivity contribution in [2.45, 2.75) is 50.5 Å². The lowest BCUT2D eigenvalue weighted by molar-refractivity contribution is -0.120. The third kappa shape index (κ3) is 7.28. The Morgan fingerprint density at radius 1 is 1.06 bits per heavy atom. The van der Waals surface area contributed by atoms with Gasteiger partial charge < -0.3 is 20.5 Å². The summed E-state index contributed by atoms with van der Waals surface area (Å²) in [6.07, 6.45) is 7.80. The maximum atomic E-state index is 12.8. The van der Waals surface area contributed by atoms with E-state index in [0.717, 1.165) is 90.5 Å². The van der Waals surface area contributed by atoms with Crippen LogP contribution in [-0.2, 0) is 17.6 Å². The first kappa shape index (κ1) is 33.8. The molecule has 1 unspecified atom stereocenters. The minimum absolute atomic E-state index is 0.128. The molecule has 1 amide bonds. The standard InChI is InChI=1S/C40H45ClN4O3S/c1-47-35-22-28-11-14-45(40(27-6-4-3-5-7-27)32(28)24-36(35)48-2)15-17-49-16-12-37(46)43-13-10-25-18-26-20-29(19-25)38-34(21-26)44-33-23-30(41)8-9-31(33)39(38)42/h3-9,18,22-24,26,29,40H,10-17,19-21H2,1-2H3,(H2,42,44)(H,43,46)/t26-,29-,40?/m1/s1. The Balaban J connectivity index is 0.881. The Morgan fingerprint density at radius 3 is 2.69 bits per heavy atom. The van der Waals surface area contributed by atoms with Gasteiger partial charge in [0.2, 0.25) is 5.91 Å². The number of pyridine rings is 1. The lowest BCUT2D eigenvalue weighted by atomic mass is 9.70. The molecule has 0 fully saturated rings. The minimum Gasteiger partial charge on any atom is -0.493 e. The van der Waals surface area contributed by atoms with Crippen molar-refractivity contribution in [1.29, 1.82) is 0 Å². The maximum absolute atomic E-state index is 12.8. The predicted molar refractivity (Wildman–Crippen MR) is 201 cm³/mol. The number of aromatic nitrogens is 1. The van der Waals surface area contributed by atoms with E-state index in [1.807, 2.05) is 30.0 Å². The number of halogens is 1. The number of nitrogen functional groups attached to an aromatic ring is 1. The van der Waals surface area contributed by atoms with E-state index in [1.165, 1.54) is 27.8 Å². The lowest BCUT2D eigenvalue weighted by Crippen LogP contribution is -2.37. The van der Waals surface area contributed by atoms with E-state index in [-0.39, 0.29) is 11.9 Å². The number of carbonyl (C=O) groups is 1. The van der Waals surface area contributed by atoms with Crippen molar-refractivity contribution in [2.24, 2.45) is 5.92 Å². The fourth-order valence-electron chi connectivity index (χ4n) is 8.14. The number of allylic oxidation sites excluding steroid dienone is 1. The summed E-state index contributed by atoms with van der Waals surface area (Å²) in [5.74, 6) is 4.30. The van der Waals surface area contributed by atoms with Crippen molar-refractivity contribution < 1.29 is 14.3 Å². The zero-order valence-electron chi connectivity index (χ0n) is 28.3. The number of nitrogens with one attached hydrogen (secondary N) is 1. The van der Waals surface area contributed by atoms with Crippen LogP contribution >= 0.6 is 23.4 Å². The van der Waals surface area contributed by atoms with Gasteiger partial charge in [0.1, 0.15) is 0 Å². The van der Waals surface area contributed by atoms with Crippen LogP contribution in [0.25, 0.3) is 10.9 Å². The van der Waals surface area contributed by atoms with Gasteiger partial charge >= 0.3 is 0 Å². The number of methoxy groups -OCH3 is 2. The third-order valence-electron chi connectivity index (χ3n) is 10.4. The van der Waals surface area contributed by atoms with Gasteiger partial charge in [0, 0.05) is 64.9 Å². The van der Waals surface area contributed by atoms with Crippen LogP contribution in [0, 0.1) is 5.92 Å². The van der Waals surface area contributed by atoms with E-state index in [2.05, 4.69) is 58.8 Å². The van der Waals surface area contributed by atoms with Gasteiger partial charge in [-0.3, -0.25) is 14.7 Å². The number of nitrogens with zero attached hydrogens (tertiary/aromatic N) is 2. The summed E-state index contributed by atoms with van der Waals surface area (Å²) in [6, 6.07) is 20.9. The number of hydrogen-bond acceptors (Lipinski definition) is 7. The second-order valence-corrected chi connectivity index (χ2v) is 15.1. The van der Waals surface area contributed by atoms with Crippen LogP contribution in [0.2, 0.25) is 5.02 Å². The summed E-state index contributed by atoms with van der Waals surface area (Å²) in [7, 11) is 3.39. The predicted octanol–water partition coefficient (Wildman–Crippen LogP) is 7.74. The summed E-state index contributed by atoms with van der Waals surface area (Å²) in [6.45, 7) is 2.59. The molecule has 49 heavy (non-hydrogen) atoms. The number of benzene rings is 3. The molecule has 2 bridgehead atoms. The number of anilines is 1. The SMILES string of the molecule is COc1cc2c(cc1OC)C(c1ccccc1)N(CCSCCC(=O)NCCC1=C[C@H]3Cc4nc5cc(Cl)ccc5c(N)c4[C@H](C1)C3)CC2. The van der Waals surface area contributed by atoms with Crippen molar-refractivity contribution in [3.05, 3.63) is 105 Å². The Labute approximate surface area is 298 Å². The fourth-order valence-corrected chi connectivity index (χ4v) is 9.20. The molecule has 3 aliphatic rings. The number of hydrogen-bond donors (Lipinski definition) is 2.